The van der Waals surface area contributed by atoms with Crippen LogP contribution in [-0.2, 0) is 19.6 Å². The van der Waals surface area contributed by atoms with Gasteiger partial charge in [-0.05, 0) is 18.2 Å². The molecule has 0 bridgehead atoms. The number of carbonyl (C=O) groups is 1. The van der Waals surface area contributed by atoms with Crippen molar-refractivity contribution >= 4 is 27.3 Å². The topological polar surface area (TPSA) is 151 Å². The predicted octanol–water partition coefficient (Wildman–Crippen LogP) is -1.17. The molecule has 1 aromatic carbocycles. The number of anilines is 2. The Balaban J connectivity index is 2.53. The average molecular weight is 288 g/mol. The van der Waals surface area contributed by atoms with Gasteiger partial charge in [0.2, 0.25) is 15.9 Å². The predicted molar refractivity (Wildman–Crippen MR) is 70.7 cm³/mol. The number of primary amides is 1. The van der Waals surface area contributed by atoms with Gasteiger partial charge in [0.25, 0.3) is 0 Å². The summed E-state index contributed by atoms with van der Waals surface area (Å²) in [6, 6.07) is 4.30. The van der Waals surface area contributed by atoms with Gasteiger partial charge in [-0.2, -0.15) is 0 Å². The molecular weight excluding hydrogens is 272 g/mol. The second kappa shape index (κ2) is 6.36. The maximum Gasteiger partial charge on any atom is 0.243 e. The van der Waals surface area contributed by atoms with Crippen LogP contribution in [0.2, 0.25) is 0 Å². The molecule has 8 nitrogen and oxygen atoms in total. The summed E-state index contributed by atoms with van der Waals surface area (Å²) in [4.78, 5) is 10.3. The number of rotatable bonds is 7. The van der Waals surface area contributed by atoms with Gasteiger partial charge in [-0.3, -0.25) is 4.79 Å². The molecule has 1 amide bonds. The monoisotopic (exact) mass is 288 g/mol. The molecule has 7 N–H and O–H groups in total. The zero-order valence-corrected chi connectivity index (χ0v) is 10.9. The van der Waals surface area contributed by atoms with Crippen molar-refractivity contribution in [2.45, 2.75) is 4.90 Å². The molecule has 0 saturated heterocycles. The summed E-state index contributed by atoms with van der Waals surface area (Å²) in [5, 5.41) is 7.93. The van der Waals surface area contributed by atoms with Crippen LogP contribution in [0.15, 0.2) is 23.1 Å². The molecule has 0 aliphatic rings. The summed E-state index contributed by atoms with van der Waals surface area (Å²) in [5.74, 6) is -0.540. The summed E-state index contributed by atoms with van der Waals surface area (Å²) in [7, 11) is -3.82. The molecule has 1 rings (SSSR count). The minimum Gasteiger partial charge on any atom is -0.398 e. The van der Waals surface area contributed by atoms with Gasteiger partial charge in [-0.15, -0.1) is 0 Å². The first kappa shape index (κ1) is 15.2. The smallest absolute Gasteiger partial charge is 0.243 e. The fraction of sp³-hybridized carbons (Fsp3) is 0.300. The van der Waals surface area contributed by atoms with E-state index in [9.17, 15) is 13.2 Å². The first-order chi connectivity index (χ1) is 8.80. The number of benzene rings is 1. The van der Waals surface area contributed by atoms with E-state index < -0.39 is 15.9 Å². The lowest BCUT2D eigenvalue weighted by Gasteiger charge is -2.09. The van der Waals surface area contributed by atoms with E-state index in [1.54, 1.807) is 0 Å². The highest BCUT2D eigenvalue weighted by atomic mass is 32.2. The van der Waals surface area contributed by atoms with Crippen molar-refractivity contribution in [3.05, 3.63) is 18.2 Å². The third-order valence-electron chi connectivity index (χ3n) is 2.14. The highest BCUT2D eigenvalue weighted by molar-refractivity contribution is 7.89. The second-order valence-corrected chi connectivity index (χ2v) is 5.27. The Kier molecular flexibility index (Phi) is 5.10. The number of sulfonamides is 1. The zero-order chi connectivity index (χ0) is 14.5. The molecule has 0 fully saturated rings. The van der Waals surface area contributed by atoms with Gasteiger partial charge in [0.15, 0.2) is 0 Å². The number of hydrogen-bond acceptors (Lipinski definition) is 6. The molecule has 19 heavy (non-hydrogen) atoms. The molecule has 106 valence electrons. The number of carbonyl (C=O) groups excluding carboxylic acids is 1. The third-order valence-corrected chi connectivity index (χ3v) is 3.12. The van der Waals surface area contributed by atoms with E-state index in [2.05, 4.69) is 5.32 Å². The molecule has 9 heteroatoms. The number of hydrogen-bond donors (Lipinski definition) is 4. The SMILES string of the molecule is NC(=O)COCCNc1ccc(S(N)(=O)=O)c(N)c1. The Morgan fingerprint density at radius 3 is 2.58 bits per heavy atom. The molecule has 0 heterocycles. The van der Waals surface area contributed by atoms with Crippen LogP contribution in [-0.4, -0.2) is 34.1 Å². The van der Waals surface area contributed by atoms with Crippen LogP contribution >= 0.6 is 0 Å². The van der Waals surface area contributed by atoms with E-state index in [4.69, 9.17) is 21.3 Å². The Morgan fingerprint density at radius 1 is 1.37 bits per heavy atom. The molecular formula is C10H16N4O4S. The number of primary sulfonamides is 1. The molecule has 0 aliphatic heterocycles. The summed E-state index contributed by atoms with van der Waals surface area (Å²) in [5.41, 5.74) is 11.2. The molecule has 0 atom stereocenters. The quantitative estimate of drug-likeness (QED) is 0.366. The van der Waals surface area contributed by atoms with Crippen molar-refractivity contribution in [3.63, 3.8) is 0 Å². The molecule has 0 radical (unpaired) electrons. The lowest BCUT2D eigenvalue weighted by molar-refractivity contribution is -0.122. The lowest BCUT2D eigenvalue weighted by atomic mass is 10.3. The second-order valence-electron chi connectivity index (χ2n) is 3.74. The first-order valence-electron chi connectivity index (χ1n) is 5.33. The van der Waals surface area contributed by atoms with Gasteiger partial charge >= 0.3 is 0 Å². The Labute approximate surface area is 110 Å². The van der Waals surface area contributed by atoms with Crippen molar-refractivity contribution in [1.29, 1.82) is 0 Å². The number of nitrogen functional groups attached to an aromatic ring is 1. The molecule has 0 aromatic heterocycles. The number of ether oxygens (including phenoxy) is 1. The molecule has 0 unspecified atom stereocenters. The van der Waals surface area contributed by atoms with E-state index in [-0.39, 0.29) is 23.8 Å². The van der Waals surface area contributed by atoms with Gasteiger partial charge in [0, 0.05) is 12.2 Å². The van der Waals surface area contributed by atoms with E-state index in [1.807, 2.05) is 0 Å². The van der Waals surface area contributed by atoms with Crippen molar-refractivity contribution in [2.75, 3.05) is 30.8 Å². The van der Waals surface area contributed by atoms with Gasteiger partial charge in [-0.1, -0.05) is 0 Å². The molecule has 1 aromatic rings. The Hall–Kier alpha value is -1.84. The first-order valence-corrected chi connectivity index (χ1v) is 6.87. The van der Waals surface area contributed by atoms with Crippen LogP contribution in [0.25, 0.3) is 0 Å². The fourth-order valence-electron chi connectivity index (χ4n) is 1.36. The van der Waals surface area contributed by atoms with Gasteiger partial charge < -0.3 is 21.5 Å². The van der Waals surface area contributed by atoms with Crippen LogP contribution < -0.4 is 21.9 Å². The standard InChI is InChI=1S/C10H16N4O4S/c11-8-5-7(1-2-9(8)19(13,16)17)14-3-4-18-6-10(12)15/h1-2,5,14H,3-4,6,11H2,(H2,12,15)(H2,13,16,17). The highest BCUT2D eigenvalue weighted by Crippen LogP contribution is 2.21. The number of nitrogens with two attached hydrogens (primary N) is 3. The Morgan fingerprint density at radius 2 is 2.05 bits per heavy atom. The molecule has 0 saturated carbocycles. The van der Waals surface area contributed by atoms with E-state index in [1.165, 1.54) is 18.2 Å². The fourth-order valence-corrected chi connectivity index (χ4v) is 2.00. The molecule has 0 spiro atoms. The van der Waals surface area contributed by atoms with Crippen molar-refractivity contribution in [2.24, 2.45) is 10.9 Å². The zero-order valence-electron chi connectivity index (χ0n) is 10.1. The maximum atomic E-state index is 11.1. The van der Waals surface area contributed by atoms with Crippen molar-refractivity contribution < 1.29 is 17.9 Å². The number of amides is 1. The Bertz CT molecular complexity index is 559. The van der Waals surface area contributed by atoms with Crippen LogP contribution in [0.4, 0.5) is 11.4 Å². The van der Waals surface area contributed by atoms with Crippen LogP contribution in [0.3, 0.4) is 0 Å². The van der Waals surface area contributed by atoms with Gasteiger partial charge in [0.1, 0.15) is 11.5 Å². The third kappa shape index (κ3) is 5.12. The highest BCUT2D eigenvalue weighted by Gasteiger charge is 2.11. The largest absolute Gasteiger partial charge is 0.398 e. The normalized spacial score (nSPS) is 11.2. The number of nitrogens with one attached hydrogen (secondary N) is 1. The van der Waals surface area contributed by atoms with E-state index >= 15 is 0 Å². The lowest BCUT2D eigenvalue weighted by Crippen LogP contribution is -2.20. The van der Waals surface area contributed by atoms with Gasteiger partial charge in [-0.25, -0.2) is 13.6 Å². The minimum absolute atomic E-state index is 0.0607. The maximum absolute atomic E-state index is 11.1. The van der Waals surface area contributed by atoms with E-state index in [0.717, 1.165) is 0 Å². The van der Waals surface area contributed by atoms with E-state index in [0.29, 0.717) is 12.2 Å². The summed E-state index contributed by atoms with van der Waals surface area (Å²) < 4.78 is 27.2. The van der Waals surface area contributed by atoms with Crippen LogP contribution in [0.5, 0.6) is 0 Å². The summed E-state index contributed by atoms with van der Waals surface area (Å²) in [6.07, 6.45) is 0. The van der Waals surface area contributed by atoms with Crippen molar-refractivity contribution in [1.82, 2.24) is 0 Å². The summed E-state index contributed by atoms with van der Waals surface area (Å²) >= 11 is 0. The van der Waals surface area contributed by atoms with Crippen LogP contribution in [0, 0.1) is 0 Å². The van der Waals surface area contributed by atoms with Crippen molar-refractivity contribution in [3.8, 4) is 0 Å². The minimum atomic E-state index is -3.82. The molecule has 0 aliphatic carbocycles. The van der Waals surface area contributed by atoms with Crippen LogP contribution in [0.1, 0.15) is 0 Å². The summed E-state index contributed by atoms with van der Waals surface area (Å²) in [6.45, 7) is 0.551. The average Bonchev–Trinajstić information content (AvgIpc) is 2.26. The van der Waals surface area contributed by atoms with Gasteiger partial charge in [0.05, 0.1) is 12.3 Å².